The molecule has 0 aliphatic carbocycles. The number of nitrogens with one attached hydrogen (secondary N) is 1. The lowest BCUT2D eigenvalue weighted by molar-refractivity contribution is 0.0985. The Hall–Kier alpha value is -2.00. The Kier molecular flexibility index (Phi) is 7.94. The van der Waals surface area contributed by atoms with Gasteiger partial charge in [-0.25, -0.2) is 12.7 Å². The zero-order chi connectivity index (χ0) is 20.7. The van der Waals surface area contributed by atoms with Gasteiger partial charge in [0.1, 0.15) is 5.76 Å². The first-order valence-electron chi connectivity index (χ1n) is 9.35. The molecule has 0 radical (unpaired) electrons. The molecular weight excluding hydrogens is 378 g/mol. The van der Waals surface area contributed by atoms with E-state index < -0.39 is 10.0 Å². The van der Waals surface area contributed by atoms with Crippen molar-refractivity contribution in [3.05, 3.63) is 54.0 Å². The van der Waals surface area contributed by atoms with Gasteiger partial charge in [0.05, 0.1) is 23.7 Å². The fourth-order valence-electron chi connectivity index (χ4n) is 3.02. The van der Waals surface area contributed by atoms with Gasteiger partial charge in [-0.2, -0.15) is 0 Å². The third-order valence-electron chi connectivity index (χ3n) is 4.68. The summed E-state index contributed by atoms with van der Waals surface area (Å²) in [4.78, 5) is 14.9. The van der Waals surface area contributed by atoms with Crippen LogP contribution in [0.3, 0.4) is 0 Å². The van der Waals surface area contributed by atoms with Crippen LogP contribution in [0.4, 0.5) is 0 Å². The molecule has 2 aromatic rings. The minimum atomic E-state index is -3.57. The molecule has 1 aromatic heterocycles. The molecule has 0 spiro atoms. The van der Waals surface area contributed by atoms with Crippen LogP contribution in [0.15, 0.2) is 52.0 Å². The number of sulfonamides is 1. The fraction of sp³-hybridized carbons (Fsp3) is 0.450. The first kappa shape index (κ1) is 22.3. The number of hydrogen-bond acceptors (Lipinski definition) is 6. The van der Waals surface area contributed by atoms with Gasteiger partial charge in [-0.15, -0.1) is 0 Å². The molecule has 28 heavy (non-hydrogen) atoms. The molecule has 7 nitrogen and oxygen atoms in total. The molecule has 0 fully saturated rings. The quantitative estimate of drug-likeness (QED) is 0.576. The number of carbonyl (C=O) groups is 1. The van der Waals surface area contributed by atoms with Crippen molar-refractivity contribution in [1.29, 1.82) is 0 Å². The molecule has 0 saturated carbocycles. The van der Waals surface area contributed by atoms with Gasteiger partial charge in [0, 0.05) is 26.2 Å². The molecule has 0 saturated heterocycles. The number of likely N-dealkylation sites (N-methyl/N-ethyl adjacent to an activating group) is 1. The SMILES string of the molecule is CCN(CC)C(CNCC(=O)c1cccc(S(=O)(=O)N(C)C)c1)c1ccco1. The second kappa shape index (κ2) is 9.97. The van der Waals surface area contributed by atoms with E-state index in [4.69, 9.17) is 4.42 Å². The molecule has 154 valence electrons. The van der Waals surface area contributed by atoms with Crippen molar-refractivity contribution >= 4 is 15.8 Å². The van der Waals surface area contributed by atoms with Crippen LogP contribution in [0.25, 0.3) is 0 Å². The normalized spacial score (nSPS) is 13.2. The van der Waals surface area contributed by atoms with E-state index in [1.165, 1.54) is 26.2 Å². The van der Waals surface area contributed by atoms with Crippen LogP contribution in [0, 0.1) is 0 Å². The van der Waals surface area contributed by atoms with E-state index >= 15 is 0 Å². The molecule has 0 amide bonds. The van der Waals surface area contributed by atoms with Crippen LogP contribution in [-0.4, -0.2) is 63.7 Å². The average molecular weight is 408 g/mol. The Morgan fingerprint density at radius 1 is 1.14 bits per heavy atom. The molecular formula is C20H29N3O4S. The van der Waals surface area contributed by atoms with Crippen molar-refractivity contribution in [2.45, 2.75) is 24.8 Å². The van der Waals surface area contributed by atoms with Gasteiger partial charge in [-0.05, 0) is 37.4 Å². The molecule has 0 bridgehead atoms. The molecule has 1 N–H and O–H groups in total. The summed E-state index contributed by atoms with van der Waals surface area (Å²) >= 11 is 0. The number of furan rings is 1. The van der Waals surface area contributed by atoms with Gasteiger partial charge < -0.3 is 9.73 Å². The zero-order valence-corrected chi connectivity index (χ0v) is 17.7. The average Bonchev–Trinajstić information content (AvgIpc) is 3.21. The maximum absolute atomic E-state index is 12.6. The molecule has 0 aliphatic rings. The second-order valence-electron chi connectivity index (χ2n) is 6.62. The number of carbonyl (C=O) groups excluding carboxylic acids is 1. The van der Waals surface area contributed by atoms with Crippen LogP contribution < -0.4 is 5.32 Å². The van der Waals surface area contributed by atoms with Crippen molar-refractivity contribution in [2.75, 3.05) is 40.3 Å². The van der Waals surface area contributed by atoms with Crippen LogP contribution >= 0.6 is 0 Å². The third-order valence-corrected chi connectivity index (χ3v) is 6.49. The highest BCUT2D eigenvalue weighted by Crippen LogP contribution is 2.20. The van der Waals surface area contributed by atoms with E-state index in [1.54, 1.807) is 18.4 Å². The summed E-state index contributed by atoms with van der Waals surface area (Å²) in [6, 6.07) is 9.95. The van der Waals surface area contributed by atoms with Crippen LogP contribution in [0.5, 0.6) is 0 Å². The van der Waals surface area contributed by atoms with E-state index in [1.807, 2.05) is 12.1 Å². The topological polar surface area (TPSA) is 82.9 Å². The first-order chi connectivity index (χ1) is 13.3. The predicted molar refractivity (Wildman–Crippen MR) is 109 cm³/mol. The van der Waals surface area contributed by atoms with E-state index in [-0.39, 0.29) is 23.3 Å². The Balaban J connectivity index is 2.05. The lowest BCUT2D eigenvalue weighted by Gasteiger charge is -2.28. The molecule has 2 rings (SSSR count). The van der Waals surface area contributed by atoms with Crippen LogP contribution in [0.2, 0.25) is 0 Å². The Morgan fingerprint density at radius 2 is 1.86 bits per heavy atom. The predicted octanol–water partition coefficient (Wildman–Crippen LogP) is 2.39. The lowest BCUT2D eigenvalue weighted by atomic mass is 10.1. The molecule has 1 aromatic carbocycles. The van der Waals surface area contributed by atoms with Crippen molar-refractivity contribution in [2.24, 2.45) is 0 Å². The third kappa shape index (κ3) is 5.29. The minimum Gasteiger partial charge on any atom is -0.468 e. The second-order valence-corrected chi connectivity index (χ2v) is 8.77. The van der Waals surface area contributed by atoms with Gasteiger partial charge in [-0.1, -0.05) is 26.0 Å². The molecule has 1 atom stereocenters. The van der Waals surface area contributed by atoms with Crippen LogP contribution in [-0.2, 0) is 10.0 Å². The van der Waals surface area contributed by atoms with Crippen molar-refractivity contribution in [1.82, 2.24) is 14.5 Å². The number of hydrogen-bond donors (Lipinski definition) is 1. The number of benzene rings is 1. The standard InChI is InChI=1S/C20H29N3O4S/c1-5-23(6-2)18(20-11-8-12-27-20)14-21-15-19(24)16-9-7-10-17(13-16)28(25,26)22(3)4/h7-13,18,21H,5-6,14-15H2,1-4H3. The Morgan fingerprint density at radius 3 is 2.43 bits per heavy atom. The Labute approximate surface area is 167 Å². The molecule has 1 heterocycles. The smallest absolute Gasteiger partial charge is 0.242 e. The summed E-state index contributed by atoms with van der Waals surface area (Å²) in [5.41, 5.74) is 0.368. The van der Waals surface area contributed by atoms with Gasteiger partial charge in [0.2, 0.25) is 10.0 Å². The summed E-state index contributed by atoms with van der Waals surface area (Å²) in [6.45, 7) is 6.56. The monoisotopic (exact) mass is 407 g/mol. The highest BCUT2D eigenvalue weighted by molar-refractivity contribution is 7.89. The summed E-state index contributed by atoms with van der Waals surface area (Å²) in [7, 11) is -0.642. The van der Waals surface area contributed by atoms with Gasteiger partial charge >= 0.3 is 0 Å². The number of Topliss-reactive ketones (excluding diaryl/α,β-unsaturated/α-hetero) is 1. The summed E-state index contributed by atoms with van der Waals surface area (Å²) in [5.74, 6) is 0.691. The first-order valence-corrected chi connectivity index (χ1v) is 10.8. The van der Waals surface area contributed by atoms with Gasteiger partial charge in [0.15, 0.2) is 5.78 Å². The summed E-state index contributed by atoms with van der Waals surface area (Å²) in [6.07, 6.45) is 1.65. The van der Waals surface area contributed by atoms with Crippen molar-refractivity contribution < 1.29 is 17.6 Å². The molecule has 1 unspecified atom stereocenters. The van der Waals surface area contributed by atoms with Gasteiger partial charge in [0.25, 0.3) is 0 Å². The minimum absolute atomic E-state index is 0.0262. The van der Waals surface area contributed by atoms with E-state index in [9.17, 15) is 13.2 Å². The number of nitrogens with zero attached hydrogens (tertiary/aromatic N) is 2. The van der Waals surface area contributed by atoms with E-state index in [0.717, 1.165) is 23.2 Å². The maximum atomic E-state index is 12.6. The fourth-order valence-corrected chi connectivity index (χ4v) is 3.97. The zero-order valence-electron chi connectivity index (χ0n) is 16.9. The Bertz CT molecular complexity index is 859. The van der Waals surface area contributed by atoms with Crippen LogP contribution in [0.1, 0.15) is 36.0 Å². The van der Waals surface area contributed by atoms with E-state index in [0.29, 0.717) is 12.1 Å². The van der Waals surface area contributed by atoms with Gasteiger partial charge in [-0.3, -0.25) is 9.69 Å². The number of rotatable bonds is 11. The summed E-state index contributed by atoms with van der Waals surface area (Å²) < 4.78 is 31.2. The largest absolute Gasteiger partial charge is 0.468 e. The van der Waals surface area contributed by atoms with Crippen molar-refractivity contribution in [3.8, 4) is 0 Å². The summed E-state index contributed by atoms with van der Waals surface area (Å²) in [5, 5.41) is 3.19. The van der Waals surface area contributed by atoms with Crippen molar-refractivity contribution in [3.63, 3.8) is 0 Å². The highest BCUT2D eigenvalue weighted by atomic mass is 32.2. The number of ketones is 1. The highest BCUT2D eigenvalue weighted by Gasteiger charge is 2.21. The maximum Gasteiger partial charge on any atom is 0.242 e. The lowest BCUT2D eigenvalue weighted by Crippen LogP contribution is -2.37. The molecule has 8 heteroatoms. The molecule has 0 aliphatic heterocycles. The van der Waals surface area contributed by atoms with E-state index in [2.05, 4.69) is 24.1 Å².